The van der Waals surface area contributed by atoms with Crippen molar-refractivity contribution in [2.24, 2.45) is 35.5 Å². The molecule has 24 rings (SSSR count). The van der Waals surface area contributed by atoms with Crippen LogP contribution in [0.15, 0.2) is 400 Å². The summed E-state index contributed by atoms with van der Waals surface area (Å²) in [6.45, 7) is 4.90. The van der Waals surface area contributed by atoms with E-state index in [2.05, 4.69) is 402 Å². The van der Waals surface area contributed by atoms with Gasteiger partial charge in [-0.3, -0.25) is 0 Å². The molecule has 16 aromatic carbocycles. The third kappa shape index (κ3) is 18.6. The molecule has 8 saturated carbocycles. The summed E-state index contributed by atoms with van der Waals surface area (Å²) in [6.07, 6.45) is 17.6. The second-order valence-electron chi connectivity index (χ2n) is 36.4. The van der Waals surface area contributed by atoms with Gasteiger partial charge in [-0.1, -0.05) is 299 Å². The summed E-state index contributed by atoms with van der Waals surface area (Å²) in [6, 6.07) is 144. The van der Waals surface area contributed by atoms with E-state index in [0.29, 0.717) is 10.8 Å². The van der Waals surface area contributed by atoms with Crippen LogP contribution in [-0.2, 0) is 10.8 Å². The van der Waals surface area contributed by atoms with Crippen molar-refractivity contribution in [3.63, 3.8) is 0 Å². The van der Waals surface area contributed by atoms with E-state index in [1.165, 1.54) is 149 Å². The first-order valence-electron chi connectivity index (χ1n) is 44.2. The van der Waals surface area contributed by atoms with Gasteiger partial charge in [0.05, 0.1) is 11.4 Å². The molecule has 0 saturated heterocycles. The third-order valence-electron chi connectivity index (χ3n) is 26.8. The molecule has 604 valence electrons. The van der Waals surface area contributed by atoms with Gasteiger partial charge in [-0.2, -0.15) is 0 Å². The van der Waals surface area contributed by atoms with Crippen LogP contribution in [0.2, 0.25) is 5.02 Å². The summed E-state index contributed by atoms with van der Waals surface area (Å²) in [5, 5.41) is 19.2. The van der Waals surface area contributed by atoms with Gasteiger partial charge in [-0.15, -0.1) is 5.60 Å². The van der Waals surface area contributed by atoms with E-state index < -0.39 is 5.60 Å². The summed E-state index contributed by atoms with van der Waals surface area (Å²) in [5.41, 5.74) is 25.8. The summed E-state index contributed by atoms with van der Waals surface area (Å²) >= 11 is 6.04. The molecular formula is C116H106ClN4NaO. The largest absolute Gasteiger partial charge is 1.00 e. The van der Waals surface area contributed by atoms with Gasteiger partial charge in [0.15, 0.2) is 0 Å². The minimum atomic E-state index is -0.750. The monoisotopic (exact) mass is 1630 g/mol. The molecule has 0 aliphatic heterocycles. The van der Waals surface area contributed by atoms with Crippen LogP contribution < -0.4 is 54.7 Å². The van der Waals surface area contributed by atoms with Gasteiger partial charge in [0, 0.05) is 67.0 Å². The smallest absolute Gasteiger partial charge is 0.850 e. The number of hydrogen-bond acceptors (Lipinski definition) is 5. The van der Waals surface area contributed by atoms with Crippen LogP contribution in [-0.4, -0.2) is 5.60 Å². The van der Waals surface area contributed by atoms with Crippen molar-refractivity contribution in [2.45, 2.75) is 114 Å². The fraction of sp³-hybridized carbons (Fsp3) is 0.207. The summed E-state index contributed by atoms with van der Waals surface area (Å²) in [7, 11) is 0. The van der Waals surface area contributed by atoms with Crippen molar-refractivity contribution in [1.82, 2.24) is 0 Å². The molecule has 1 N–H and O–H groups in total. The van der Waals surface area contributed by atoms with Crippen molar-refractivity contribution < 1.29 is 34.7 Å². The molecule has 0 heterocycles. The number of hydrogen-bond donors (Lipinski definition) is 1. The van der Waals surface area contributed by atoms with Gasteiger partial charge in [-0.25, -0.2) is 0 Å². The molecule has 123 heavy (non-hydrogen) atoms. The maximum atomic E-state index is 10.1. The van der Waals surface area contributed by atoms with E-state index in [4.69, 9.17) is 11.6 Å². The van der Waals surface area contributed by atoms with Crippen LogP contribution in [0.1, 0.15) is 109 Å². The van der Waals surface area contributed by atoms with E-state index in [9.17, 15) is 5.11 Å². The van der Waals surface area contributed by atoms with E-state index in [1.807, 2.05) is 18.2 Å². The average molecular weight is 1630 g/mol. The zero-order valence-corrected chi connectivity index (χ0v) is 73.9. The molecule has 8 bridgehead atoms. The number of para-hydroxylation sites is 4. The number of nitrogens with one attached hydrogen (secondary N) is 1. The van der Waals surface area contributed by atoms with Gasteiger partial charge < -0.3 is 25.1 Å². The minimum absolute atomic E-state index is 0. The van der Waals surface area contributed by atoms with Crippen LogP contribution in [0.3, 0.4) is 0 Å². The Labute approximate surface area is 755 Å². The molecule has 7 heteroatoms. The van der Waals surface area contributed by atoms with E-state index >= 15 is 0 Å². The quantitative estimate of drug-likeness (QED) is 0.0921. The van der Waals surface area contributed by atoms with E-state index in [-0.39, 0.29) is 29.6 Å². The van der Waals surface area contributed by atoms with Crippen LogP contribution in [0, 0.1) is 35.5 Å². The maximum absolute atomic E-state index is 10.1. The zero-order valence-electron chi connectivity index (χ0n) is 71.2. The Bertz CT molecular complexity index is 6100. The molecular weight excluding hydrogens is 1520 g/mol. The first-order chi connectivity index (χ1) is 59.7. The Morgan fingerprint density at radius 3 is 0.805 bits per heavy atom. The molecule has 5 nitrogen and oxygen atoms in total. The average Bonchev–Trinajstić information content (AvgIpc) is 0.739. The van der Waals surface area contributed by atoms with Gasteiger partial charge in [-0.05, 0) is 323 Å². The van der Waals surface area contributed by atoms with Gasteiger partial charge in [0.25, 0.3) is 0 Å². The zero-order chi connectivity index (χ0) is 82.6. The summed E-state index contributed by atoms with van der Waals surface area (Å²) < 4.78 is 0. The number of rotatable bonds is 17. The molecule has 0 unspecified atom stereocenters. The van der Waals surface area contributed by atoms with Gasteiger partial charge in [0.2, 0.25) is 0 Å². The molecule has 8 aliphatic carbocycles. The van der Waals surface area contributed by atoms with Crippen LogP contribution in [0.25, 0.3) is 66.1 Å². The number of fused-ring (bicyclic) bond motifs is 2. The maximum Gasteiger partial charge on any atom is 1.00 e. The van der Waals surface area contributed by atoms with Crippen molar-refractivity contribution >= 4 is 95.7 Å². The predicted octanol–water partition coefficient (Wildman–Crippen LogP) is 28.9. The first kappa shape index (κ1) is 82.4. The second-order valence-corrected chi connectivity index (χ2v) is 36.9. The van der Waals surface area contributed by atoms with Crippen molar-refractivity contribution in [1.29, 1.82) is 0 Å². The molecule has 0 aromatic heterocycles. The normalized spacial score (nSPS) is 19.8. The third-order valence-corrected chi connectivity index (χ3v) is 27.0. The Hall–Kier alpha value is -11.5. The summed E-state index contributed by atoms with van der Waals surface area (Å²) in [4.78, 5) is 7.03. The number of benzene rings is 16. The molecule has 0 radical (unpaired) electrons. The minimum Gasteiger partial charge on any atom is -0.850 e. The fourth-order valence-electron chi connectivity index (χ4n) is 22.1. The van der Waals surface area contributed by atoms with Crippen molar-refractivity contribution in [2.75, 3.05) is 20.0 Å². The second kappa shape index (κ2) is 36.5. The fourth-order valence-corrected chi connectivity index (χ4v) is 22.2. The van der Waals surface area contributed by atoms with Crippen LogP contribution >= 0.6 is 11.6 Å². The standard InChI is InChI=1S/C56H48N2.C28H20ClN.C28H29N.C4H9O.Na/c1-3-12-49(13-4-1)57(51-28-20-44(21-29-51)43-18-26-48(27-19-43)56-37-40-34-41(38-56)36-42(35-40)39-56)52-30-22-45(23-31-52)46-24-32-53(33-25-46)58(50-14-5-2-6-15-50)55-17-9-11-47-10-7-8-16-54(47)55;29-24-17-13-21(14-18-24)22-15-19-26(20-16-22)30(25-9-2-1-3-10-25)28-12-6-8-23-7-4-5-11-27(23)28;1-2-4-26(5-3-1)29-27-12-8-24(9-13-27)23-6-10-25(11-7-23)28-17-20-14-21(18-28)16-22(15-20)19-28;1-4(2,3)5;/h1-33,40-42H,34-39H2;1-20H;1-13,20-22,29H,14-19H2;1-3H3;/q;;;-1;+1. The Morgan fingerprint density at radius 2 is 0.488 bits per heavy atom. The van der Waals surface area contributed by atoms with Crippen LogP contribution in [0.5, 0.6) is 0 Å². The Kier molecular flexibility index (Phi) is 24.5. The SMILES string of the molecule is CC(C)(C)[O-].Clc1ccc(-c2ccc(N(c3ccccc3)c3cccc4ccccc34)cc2)cc1.[Na+].c1ccc(N(c2ccc(-c3ccc(N(c4ccccc4)c4cccc5ccccc45)cc3)cc2)c2ccc(-c3ccc(C45CC6CC(CC(C6)C4)C5)cc3)cc2)cc1.c1ccc(Nc2ccc(-c3ccc(C45CC6CC(CC(C6)C4)C5)cc3)cc2)cc1. The van der Waals surface area contributed by atoms with E-state index in [1.54, 1.807) is 31.9 Å². The number of anilines is 11. The molecule has 16 aromatic rings. The van der Waals surface area contributed by atoms with Crippen molar-refractivity contribution in [3.05, 3.63) is 417 Å². The van der Waals surface area contributed by atoms with Gasteiger partial charge >= 0.3 is 29.6 Å². The Balaban J connectivity index is 0.000000133. The number of halogens is 1. The van der Waals surface area contributed by atoms with Crippen molar-refractivity contribution in [3.8, 4) is 44.5 Å². The molecule has 0 amide bonds. The molecule has 0 spiro atoms. The van der Waals surface area contributed by atoms with Crippen LogP contribution in [0.4, 0.5) is 62.6 Å². The predicted molar refractivity (Wildman–Crippen MR) is 514 cm³/mol. The van der Waals surface area contributed by atoms with Gasteiger partial charge in [0.1, 0.15) is 0 Å². The first-order valence-corrected chi connectivity index (χ1v) is 44.6. The topological polar surface area (TPSA) is 44.8 Å². The summed E-state index contributed by atoms with van der Waals surface area (Å²) in [5.74, 6) is 5.91. The molecule has 8 aliphatic rings. The molecule has 0 atom stereocenters. The molecule has 8 fully saturated rings. The Morgan fingerprint density at radius 1 is 0.260 bits per heavy atom. The van der Waals surface area contributed by atoms with E-state index in [0.717, 1.165) is 97.3 Å². The number of nitrogens with zero attached hydrogens (tertiary/aromatic N) is 3.